The van der Waals surface area contributed by atoms with Crippen LogP contribution in [0.5, 0.6) is 0 Å². The SMILES string of the molecule is CC(C)(C)C1CC(F)(C(C)(C)C)CN1. The molecule has 2 unspecified atom stereocenters. The molecule has 0 bridgehead atoms. The van der Waals surface area contributed by atoms with E-state index in [0.717, 1.165) is 0 Å². The number of hydrogen-bond donors (Lipinski definition) is 1. The van der Waals surface area contributed by atoms with Crippen molar-refractivity contribution in [3.8, 4) is 0 Å². The summed E-state index contributed by atoms with van der Waals surface area (Å²) in [7, 11) is 0. The Morgan fingerprint density at radius 3 is 1.86 bits per heavy atom. The lowest BCUT2D eigenvalue weighted by atomic mass is 9.74. The third-order valence-electron chi connectivity index (χ3n) is 3.55. The lowest BCUT2D eigenvalue weighted by molar-refractivity contribution is 0.0433. The van der Waals surface area contributed by atoms with Crippen LogP contribution in [0.1, 0.15) is 48.0 Å². The summed E-state index contributed by atoms with van der Waals surface area (Å²) in [6, 6.07) is 0.298. The second kappa shape index (κ2) is 3.19. The Balaban J connectivity index is 2.75. The van der Waals surface area contributed by atoms with Crippen LogP contribution in [0.3, 0.4) is 0 Å². The van der Waals surface area contributed by atoms with Gasteiger partial charge in [0.2, 0.25) is 0 Å². The highest BCUT2D eigenvalue weighted by Gasteiger charge is 2.50. The van der Waals surface area contributed by atoms with Crippen molar-refractivity contribution in [2.24, 2.45) is 10.8 Å². The number of alkyl halides is 1. The molecule has 0 aromatic carbocycles. The van der Waals surface area contributed by atoms with Gasteiger partial charge in [0.1, 0.15) is 5.67 Å². The minimum Gasteiger partial charge on any atom is -0.310 e. The van der Waals surface area contributed by atoms with E-state index in [-0.39, 0.29) is 10.8 Å². The van der Waals surface area contributed by atoms with E-state index in [1.54, 1.807) is 0 Å². The van der Waals surface area contributed by atoms with Crippen LogP contribution in [0.2, 0.25) is 0 Å². The zero-order chi connectivity index (χ0) is 11.2. The van der Waals surface area contributed by atoms with Gasteiger partial charge in [-0.2, -0.15) is 0 Å². The van der Waals surface area contributed by atoms with Gasteiger partial charge < -0.3 is 5.32 Å². The highest BCUT2D eigenvalue weighted by molar-refractivity contribution is 5.04. The van der Waals surface area contributed by atoms with Crippen LogP contribution < -0.4 is 5.32 Å². The Morgan fingerprint density at radius 2 is 1.64 bits per heavy atom. The molecule has 1 N–H and O–H groups in total. The molecular formula is C12H24FN. The Hall–Kier alpha value is -0.110. The van der Waals surface area contributed by atoms with E-state index in [1.807, 2.05) is 20.8 Å². The fourth-order valence-electron chi connectivity index (χ4n) is 1.94. The minimum atomic E-state index is -1.05. The normalized spacial score (nSPS) is 34.9. The molecule has 1 aliphatic heterocycles. The summed E-state index contributed by atoms with van der Waals surface area (Å²) in [5.41, 5.74) is -1.16. The van der Waals surface area contributed by atoms with Crippen LogP contribution in [0.15, 0.2) is 0 Å². The van der Waals surface area contributed by atoms with Gasteiger partial charge in [-0.05, 0) is 17.3 Å². The van der Waals surface area contributed by atoms with Crippen LogP contribution in [0, 0.1) is 10.8 Å². The Kier molecular flexibility index (Phi) is 2.73. The molecule has 0 amide bonds. The Morgan fingerprint density at radius 1 is 1.14 bits per heavy atom. The molecule has 1 nitrogen and oxygen atoms in total. The first-order valence-corrected chi connectivity index (χ1v) is 5.49. The molecule has 0 saturated carbocycles. The molecule has 1 aliphatic rings. The fraction of sp³-hybridized carbons (Fsp3) is 1.00. The van der Waals surface area contributed by atoms with E-state index in [9.17, 15) is 4.39 Å². The van der Waals surface area contributed by atoms with E-state index in [0.29, 0.717) is 19.0 Å². The van der Waals surface area contributed by atoms with E-state index < -0.39 is 5.67 Å². The maximum absolute atomic E-state index is 14.5. The zero-order valence-corrected chi connectivity index (χ0v) is 10.4. The molecule has 0 aromatic rings. The van der Waals surface area contributed by atoms with Gasteiger partial charge in [0.15, 0.2) is 0 Å². The smallest absolute Gasteiger partial charge is 0.129 e. The average molecular weight is 201 g/mol. The monoisotopic (exact) mass is 201 g/mol. The van der Waals surface area contributed by atoms with Gasteiger partial charge in [-0.3, -0.25) is 0 Å². The highest BCUT2D eigenvalue weighted by atomic mass is 19.1. The zero-order valence-electron chi connectivity index (χ0n) is 10.4. The lowest BCUT2D eigenvalue weighted by Crippen LogP contribution is -2.40. The van der Waals surface area contributed by atoms with Gasteiger partial charge in [-0.1, -0.05) is 41.5 Å². The minimum absolute atomic E-state index is 0.152. The molecule has 0 aliphatic carbocycles. The second-order valence-electron chi connectivity index (χ2n) is 6.72. The van der Waals surface area contributed by atoms with Gasteiger partial charge >= 0.3 is 0 Å². The van der Waals surface area contributed by atoms with Gasteiger partial charge in [0.05, 0.1) is 0 Å². The summed E-state index contributed by atoms with van der Waals surface area (Å²) in [5.74, 6) is 0. The van der Waals surface area contributed by atoms with Crippen molar-refractivity contribution < 1.29 is 4.39 Å². The largest absolute Gasteiger partial charge is 0.310 e. The van der Waals surface area contributed by atoms with Gasteiger partial charge in [-0.15, -0.1) is 0 Å². The maximum Gasteiger partial charge on any atom is 0.129 e. The molecule has 0 radical (unpaired) electrons. The van der Waals surface area contributed by atoms with E-state index in [1.165, 1.54) is 0 Å². The van der Waals surface area contributed by atoms with Crippen LogP contribution in [0.4, 0.5) is 4.39 Å². The quantitative estimate of drug-likeness (QED) is 0.635. The van der Waals surface area contributed by atoms with Crippen LogP contribution in [-0.4, -0.2) is 18.3 Å². The molecule has 84 valence electrons. The summed E-state index contributed by atoms with van der Waals surface area (Å²) in [5, 5.41) is 3.32. The third kappa shape index (κ3) is 2.10. The van der Waals surface area contributed by atoms with Gasteiger partial charge in [0.25, 0.3) is 0 Å². The summed E-state index contributed by atoms with van der Waals surface area (Å²) < 4.78 is 14.5. The summed E-state index contributed by atoms with van der Waals surface area (Å²) >= 11 is 0. The number of nitrogens with one attached hydrogen (secondary N) is 1. The van der Waals surface area contributed by atoms with Gasteiger partial charge in [0, 0.05) is 12.6 Å². The van der Waals surface area contributed by atoms with Crippen LogP contribution in [-0.2, 0) is 0 Å². The van der Waals surface area contributed by atoms with Crippen molar-refractivity contribution in [3.05, 3.63) is 0 Å². The highest BCUT2D eigenvalue weighted by Crippen LogP contribution is 2.43. The molecule has 0 aromatic heterocycles. The van der Waals surface area contributed by atoms with Crippen LogP contribution in [0.25, 0.3) is 0 Å². The molecule has 1 saturated heterocycles. The molecular weight excluding hydrogens is 177 g/mol. The van der Waals surface area contributed by atoms with E-state index in [4.69, 9.17) is 0 Å². The number of hydrogen-bond acceptors (Lipinski definition) is 1. The van der Waals surface area contributed by atoms with Crippen molar-refractivity contribution in [2.45, 2.75) is 59.7 Å². The summed E-state index contributed by atoms with van der Waals surface area (Å²) in [6.45, 7) is 13.0. The van der Waals surface area contributed by atoms with Crippen molar-refractivity contribution in [1.29, 1.82) is 0 Å². The predicted molar refractivity (Wildman–Crippen MR) is 59.2 cm³/mol. The van der Waals surface area contributed by atoms with E-state index >= 15 is 0 Å². The molecule has 2 heteroatoms. The second-order valence-corrected chi connectivity index (χ2v) is 6.72. The summed E-state index contributed by atoms with van der Waals surface area (Å²) in [4.78, 5) is 0. The fourth-order valence-corrected chi connectivity index (χ4v) is 1.94. The first-order chi connectivity index (χ1) is 6.06. The molecule has 1 fully saturated rings. The molecule has 1 rings (SSSR count). The topological polar surface area (TPSA) is 12.0 Å². The first-order valence-electron chi connectivity index (χ1n) is 5.49. The standard InChI is InChI=1S/C12H24FN/c1-10(2,3)9-7-12(13,8-14-9)11(4,5)6/h9,14H,7-8H2,1-6H3. The average Bonchev–Trinajstić information content (AvgIpc) is 2.29. The van der Waals surface area contributed by atoms with Gasteiger partial charge in [-0.25, -0.2) is 4.39 Å². The van der Waals surface area contributed by atoms with Crippen molar-refractivity contribution in [1.82, 2.24) is 5.32 Å². The third-order valence-corrected chi connectivity index (χ3v) is 3.55. The summed E-state index contributed by atoms with van der Waals surface area (Å²) in [6.07, 6.45) is 0.639. The molecule has 14 heavy (non-hydrogen) atoms. The molecule has 0 spiro atoms. The van der Waals surface area contributed by atoms with Crippen molar-refractivity contribution in [3.63, 3.8) is 0 Å². The predicted octanol–water partition coefficient (Wildman–Crippen LogP) is 3.15. The molecule has 1 heterocycles. The van der Waals surface area contributed by atoms with Crippen molar-refractivity contribution in [2.75, 3.05) is 6.54 Å². The Bertz CT molecular complexity index is 211. The van der Waals surface area contributed by atoms with E-state index in [2.05, 4.69) is 26.1 Å². The van der Waals surface area contributed by atoms with Crippen LogP contribution >= 0.6 is 0 Å². The lowest BCUT2D eigenvalue weighted by Gasteiger charge is -2.35. The molecule has 2 atom stereocenters. The number of halogens is 1. The maximum atomic E-state index is 14.5. The first kappa shape index (κ1) is 12.0. The van der Waals surface area contributed by atoms with Crippen molar-refractivity contribution >= 4 is 0 Å². The number of rotatable bonds is 0. The Labute approximate surface area is 87.5 Å².